The Kier molecular flexibility index (Phi) is 5.84. The Morgan fingerprint density at radius 3 is 2.71 bits per heavy atom. The van der Waals surface area contributed by atoms with Gasteiger partial charge in [0.05, 0.1) is 6.54 Å². The number of halogens is 1. The highest BCUT2D eigenvalue weighted by atomic mass is 79.9. The predicted molar refractivity (Wildman–Crippen MR) is 82.5 cm³/mol. The molecule has 0 aromatic carbocycles. The molecular weight excluding hydrogens is 360 g/mol. The third-order valence-corrected chi connectivity index (χ3v) is 6.08. The van der Waals surface area contributed by atoms with Gasteiger partial charge in [0.25, 0.3) is 0 Å². The fourth-order valence-corrected chi connectivity index (χ4v) is 4.77. The van der Waals surface area contributed by atoms with Gasteiger partial charge in [-0.15, -0.1) is 0 Å². The first kappa shape index (κ1) is 17.0. The van der Waals surface area contributed by atoms with Crippen LogP contribution in [0.2, 0.25) is 0 Å². The van der Waals surface area contributed by atoms with Gasteiger partial charge in [0, 0.05) is 25.3 Å². The van der Waals surface area contributed by atoms with Gasteiger partial charge in [-0.05, 0) is 48.7 Å². The standard InChI is InChI=1S/C13H21BrN2O4S/c1-9(10-3-5-19-6-4-10)16-21(17,18)12-7-11(8-15-2)20-13(12)14/h7,9-10,15-16H,3-6,8H2,1-2H3. The molecule has 1 aromatic heterocycles. The molecule has 1 unspecified atom stereocenters. The molecule has 0 radical (unpaired) electrons. The smallest absolute Gasteiger partial charge is 0.245 e. The highest BCUT2D eigenvalue weighted by Crippen LogP contribution is 2.27. The molecule has 0 aliphatic carbocycles. The van der Waals surface area contributed by atoms with E-state index in [4.69, 9.17) is 9.15 Å². The van der Waals surface area contributed by atoms with Crippen molar-refractivity contribution in [1.82, 2.24) is 10.0 Å². The summed E-state index contributed by atoms with van der Waals surface area (Å²) in [5.41, 5.74) is 0. The summed E-state index contributed by atoms with van der Waals surface area (Å²) >= 11 is 3.18. The zero-order chi connectivity index (χ0) is 15.5. The summed E-state index contributed by atoms with van der Waals surface area (Å²) in [5.74, 6) is 0.874. The van der Waals surface area contributed by atoms with E-state index in [1.54, 1.807) is 13.1 Å². The minimum atomic E-state index is -3.60. The first-order chi connectivity index (χ1) is 9.94. The molecule has 0 bridgehead atoms. The molecule has 0 amide bonds. The largest absolute Gasteiger partial charge is 0.452 e. The van der Waals surface area contributed by atoms with E-state index in [-0.39, 0.29) is 15.6 Å². The van der Waals surface area contributed by atoms with Crippen LogP contribution in [-0.2, 0) is 21.3 Å². The van der Waals surface area contributed by atoms with Gasteiger partial charge in [0.2, 0.25) is 10.0 Å². The van der Waals surface area contributed by atoms with E-state index in [1.165, 1.54) is 0 Å². The second-order valence-electron chi connectivity index (χ2n) is 5.24. The fourth-order valence-electron chi connectivity index (χ4n) is 2.46. The van der Waals surface area contributed by atoms with Crippen LogP contribution in [0.5, 0.6) is 0 Å². The van der Waals surface area contributed by atoms with Crippen molar-refractivity contribution in [3.63, 3.8) is 0 Å². The van der Waals surface area contributed by atoms with Gasteiger partial charge >= 0.3 is 0 Å². The van der Waals surface area contributed by atoms with Crippen LogP contribution in [0.15, 0.2) is 20.0 Å². The van der Waals surface area contributed by atoms with E-state index in [0.717, 1.165) is 12.8 Å². The van der Waals surface area contributed by atoms with Crippen molar-refractivity contribution in [2.24, 2.45) is 5.92 Å². The quantitative estimate of drug-likeness (QED) is 0.786. The van der Waals surface area contributed by atoms with Crippen molar-refractivity contribution >= 4 is 26.0 Å². The average Bonchev–Trinajstić information content (AvgIpc) is 2.81. The molecule has 1 fully saturated rings. The van der Waals surface area contributed by atoms with Crippen LogP contribution < -0.4 is 10.0 Å². The van der Waals surface area contributed by atoms with Gasteiger partial charge in [-0.3, -0.25) is 0 Å². The molecule has 1 saturated heterocycles. The third kappa shape index (κ3) is 4.29. The van der Waals surface area contributed by atoms with Crippen LogP contribution in [-0.4, -0.2) is 34.7 Å². The summed E-state index contributed by atoms with van der Waals surface area (Å²) in [6.45, 7) is 3.76. The Morgan fingerprint density at radius 1 is 1.43 bits per heavy atom. The molecular formula is C13H21BrN2O4S. The minimum Gasteiger partial charge on any atom is -0.452 e. The Morgan fingerprint density at radius 2 is 2.10 bits per heavy atom. The molecule has 1 atom stereocenters. The molecule has 1 aliphatic rings. The van der Waals surface area contributed by atoms with Crippen molar-refractivity contribution in [2.45, 2.75) is 37.2 Å². The van der Waals surface area contributed by atoms with Crippen molar-refractivity contribution < 1.29 is 17.6 Å². The molecule has 0 saturated carbocycles. The maximum atomic E-state index is 12.5. The van der Waals surface area contributed by atoms with E-state index in [1.807, 2.05) is 6.92 Å². The lowest BCUT2D eigenvalue weighted by molar-refractivity contribution is 0.0585. The Bertz CT molecular complexity index is 567. The van der Waals surface area contributed by atoms with E-state index >= 15 is 0 Å². The van der Waals surface area contributed by atoms with Crippen LogP contribution >= 0.6 is 15.9 Å². The van der Waals surface area contributed by atoms with Gasteiger partial charge in [-0.1, -0.05) is 0 Å². The number of furan rings is 1. The molecule has 0 spiro atoms. The number of hydrogen-bond acceptors (Lipinski definition) is 5. The molecule has 120 valence electrons. The van der Waals surface area contributed by atoms with Gasteiger partial charge < -0.3 is 14.5 Å². The maximum absolute atomic E-state index is 12.5. The van der Waals surface area contributed by atoms with Gasteiger partial charge in [-0.25, -0.2) is 13.1 Å². The van der Waals surface area contributed by atoms with Gasteiger partial charge in [0.15, 0.2) is 4.67 Å². The van der Waals surface area contributed by atoms with Crippen molar-refractivity contribution in [3.8, 4) is 0 Å². The highest BCUT2D eigenvalue weighted by Gasteiger charge is 2.28. The Labute approximate surface area is 133 Å². The lowest BCUT2D eigenvalue weighted by atomic mass is 9.94. The molecule has 21 heavy (non-hydrogen) atoms. The average molecular weight is 381 g/mol. The fraction of sp³-hybridized carbons (Fsp3) is 0.692. The number of nitrogens with one attached hydrogen (secondary N) is 2. The first-order valence-corrected chi connectivity index (χ1v) is 9.24. The van der Waals surface area contributed by atoms with Gasteiger partial charge in [-0.2, -0.15) is 0 Å². The molecule has 2 heterocycles. The zero-order valence-electron chi connectivity index (χ0n) is 12.2. The van der Waals surface area contributed by atoms with E-state index in [0.29, 0.717) is 31.4 Å². The van der Waals surface area contributed by atoms with Crippen molar-refractivity contribution in [3.05, 3.63) is 16.5 Å². The third-order valence-electron chi connectivity index (χ3n) is 3.66. The number of ether oxygens (including phenoxy) is 1. The number of sulfonamides is 1. The summed E-state index contributed by atoms with van der Waals surface area (Å²) in [4.78, 5) is 0.145. The monoisotopic (exact) mass is 380 g/mol. The van der Waals surface area contributed by atoms with Crippen molar-refractivity contribution in [2.75, 3.05) is 20.3 Å². The first-order valence-electron chi connectivity index (χ1n) is 6.97. The van der Waals surface area contributed by atoms with Gasteiger partial charge in [0.1, 0.15) is 10.7 Å². The molecule has 2 N–H and O–H groups in total. The molecule has 1 aliphatic heterocycles. The topological polar surface area (TPSA) is 80.6 Å². The number of rotatable bonds is 6. The minimum absolute atomic E-state index is 0.131. The van der Waals surface area contributed by atoms with E-state index < -0.39 is 10.0 Å². The second-order valence-corrected chi connectivity index (χ2v) is 7.64. The second kappa shape index (κ2) is 7.23. The number of hydrogen-bond donors (Lipinski definition) is 2. The Balaban J connectivity index is 2.10. The van der Waals surface area contributed by atoms with Crippen LogP contribution in [0.1, 0.15) is 25.5 Å². The summed E-state index contributed by atoms with van der Waals surface area (Å²) in [6, 6.07) is 1.41. The normalized spacial score (nSPS) is 18.8. The van der Waals surface area contributed by atoms with Crippen LogP contribution in [0.4, 0.5) is 0 Å². The summed E-state index contributed by atoms with van der Waals surface area (Å²) in [7, 11) is -1.82. The highest BCUT2D eigenvalue weighted by molar-refractivity contribution is 9.10. The molecule has 2 rings (SSSR count). The zero-order valence-corrected chi connectivity index (χ0v) is 14.6. The molecule has 6 nitrogen and oxygen atoms in total. The molecule has 1 aromatic rings. The molecule has 8 heteroatoms. The van der Waals surface area contributed by atoms with E-state index in [9.17, 15) is 8.42 Å². The van der Waals surface area contributed by atoms with Crippen LogP contribution in [0.3, 0.4) is 0 Å². The lowest BCUT2D eigenvalue weighted by Crippen LogP contribution is -2.40. The van der Waals surface area contributed by atoms with Crippen LogP contribution in [0, 0.1) is 5.92 Å². The van der Waals surface area contributed by atoms with Crippen molar-refractivity contribution in [1.29, 1.82) is 0 Å². The lowest BCUT2D eigenvalue weighted by Gasteiger charge is -2.28. The van der Waals surface area contributed by atoms with Crippen LogP contribution in [0.25, 0.3) is 0 Å². The summed E-state index contributed by atoms with van der Waals surface area (Å²) in [6.07, 6.45) is 1.75. The maximum Gasteiger partial charge on any atom is 0.245 e. The van der Waals surface area contributed by atoms with E-state index in [2.05, 4.69) is 26.0 Å². The predicted octanol–water partition coefficient (Wildman–Crippen LogP) is 1.85. The summed E-state index contributed by atoms with van der Waals surface area (Å²) < 4.78 is 38.6. The summed E-state index contributed by atoms with van der Waals surface area (Å²) in [5, 5.41) is 2.92. The Hall–Kier alpha value is -0.410. The SMILES string of the molecule is CNCc1cc(S(=O)(=O)NC(C)C2CCOCC2)c(Br)o1.